The van der Waals surface area contributed by atoms with Crippen LogP contribution in [0.4, 0.5) is 17.6 Å². The first-order valence-corrected chi connectivity index (χ1v) is 11.9. The Balaban J connectivity index is 1.51. The van der Waals surface area contributed by atoms with Crippen LogP contribution in [0.5, 0.6) is 0 Å². The van der Waals surface area contributed by atoms with Gasteiger partial charge >= 0.3 is 16.2 Å². The van der Waals surface area contributed by atoms with Gasteiger partial charge in [0.05, 0.1) is 25.5 Å². The van der Waals surface area contributed by atoms with Crippen LogP contribution < -0.4 is 0 Å². The molecule has 0 radical (unpaired) electrons. The molecule has 1 amide bonds. The molecule has 0 saturated heterocycles. The van der Waals surface area contributed by atoms with Crippen LogP contribution in [0.15, 0.2) is 47.0 Å². The van der Waals surface area contributed by atoms with E-state index in [9.17, 15) is 30.8 Å². The molecular formula is C20H21F4N5O5S. The Kier molecular flexibility index (Phi) is 6.83. The van der Waals surface area contributed by atoms with E-state index in [0.29, 0.717) is 20.8 Å². The van der Waals surface area contributed by atoms with Crippen LogP contribution in [0.3, 0.4) is 0 Å². The van der Waals surface area contributed by atoms with Gasteiger partial charge in [0.2, 0.25) is 0 Å². The van der Waals surface area contributed by atoms with Crippen LogP contribution >= 0.6 is 0 Å². The number of carbonyl (C=O) groups excluding carboxylic acids is 1. The number of ether oxygens (including phenoxy) is 1. The Morgan fingerprint density at radius 3 is 2.69 bits per heavy atom. The van der Waals surface area contributed by atoms with E-state index < -0.39 is 45.6 Å². The van der Waals surface area contributed by atoms with Gasteiger partial charge in [-0.05, 0) is 12.5 Å². The minimum absolute atomic E-state index is 0.0379. The predicted molar refractivity (Wildman–Crippen MR) is 111 cm³/mol. The highest BCUT2D eigenvalue weighted by atomic mass is 32.2. The number of rotatable bonds is 8. The molecule has 2 aromatic rings. The number of carbonyl (C=O) groups is 1. The third-order valence-corrected chi connectivity index (χ3v) is 6.79. The molecule has 0 spiro atoms. The quantitative estimate of drug-likeness (QED) is 0.527. The number of halogens is 4. The first-order valence-electron chi connectivity index (χ1n) is 10.5. The van der Waals surface area contributed by atoms with Crippen molar-refractivity contribution in [3.05, 3.63) is 53.3 Å². The van der Waals surface area contributed by atoms with Gasteiger partial charge in [0.1, 0.15) is 12.4 Å². The van der Waals surface area contributed by atoms with E-state index in [4.69, 9.17) is 9.84 Å². The molecule has 1 N–H and O–H groups in total. The summed E-state index contributed by atoms with van der Waals surface area (Å²) in [4.78, 5) is 14.4. The fourth-order valence-electron chi connectivity index (χ4n) is 3.77. The third-order valence-electron chi connectivity index (χ3n) is 5.36. The molecule has 10 nitrogen and oxygen atoms in total. The first-order chi connectivity index (χ1) is 16.5. The average Bonchev–Trinajstić information content (AvgIpc) is 3.49. The van der Waals surface area contributed by atoms with Crippen molar-refractivity contribution in [3.8, 4) is 0 Å². The SMILES string of the molecule is O=C(C(OCCO)C1=C(F)CCC=C1)N1Cc2cn(S(=O)(=O)c3ccn(CC(F)(F)F)n3)nc2C1. The fourth-order valence-corrected chi connectivity index (χ4v) is 4.87. The molecule has 2 aromatic heterocycles. The van der Waals surface area contributed by atoms with Crippen LogP contribution in [-0.2, 0) is 39.2 Å². The number of allylic oxidation sites excluding steroid dienone is 2. The molecule has 3 heterocycles. The maximum atomic E-state index is 14.4. The van der Waals surface area contributed by atoms with Crippen molar-refractivity contribution >= 4 is 15.9 Å². The third kappa shape index (κ3) is 5.31. The maximum Gasteiger partial charge on any atom is 0.408 e. The fraction of sp³-hybridized carbons (Fsp3) is 0.450. The largest absolute Gasteiger partial charge is 0.408 e. The van der Waals surface area contributed by atoms with E-state index in [1.807, 2.05) is 0 Å². The van der Waals surface area contributed by atoms with Crippen molar-refractivity contribution in [3.63, 3.8) is 0 Å². The molecule has 35 heavy (non-hydrogen) atoms. The number of aliphatic hydroxyl groups excluding tert-OH is 1. The molecule has 0 aromatic carbocycles. The Bertz CT molecular complexity index is 1260. The van der Waals surface area contributed by atoms with Gasteiger partial charge in [0.25, 0.3) is 5.91 Å². The average molecular weight is 519 g/mol. The van der Waals surface area contributed by atoms with Crippen LogP contribution in [0.1, 0.15) is 24.1 Å². The minimum atomic E-state index is -4.57. The van der Waals surface area contributed by atoms with Gasteiger partial charge in [-0.25, -0.2) is 4.39 Å². The summed E-state index contributed by atoms with van der Waals surface area (Å²) in [6, 6.07) is 0.937. The van der Waals surface area contributed by atoms with Crippen LogP contribution in [0, 0.1) is 0 Å². The van der Waals surface area contributed by atoms with Crippen molar-refractivity contribution in [1.82, 2.24) is 23.9 Å². The van der Waals surface area contributed by atoms with Crippen molar-refractivity contribution in [2.24, 2.45) is 0 Å². The van der Waals surface area contributed by atoms with Gasteiger partial charge in [-0.3, -0.25) is 9.48 Å². The molecule has 4 rings (SSSR count). The van der Waals surface area contributed by atoms with Gasteiger partial charge in [0, 0.05) is 36.5 Å². The Morgan fingerprint density at radius 1 is 1.26 bits per heavy atom. The standard InChI is InChI=1S/C20H21F4N5O5S/c21-15-4-2-1-3-14(15)18(34-8-7-30)19(31)27-9-13-10-29(25-16(13)11-27)35(32,33)17-5-6-28(26-17)12-20(22,23)24/h1,3,5-6,10,18,30H,2,4,7-9,11-12H2. The van der Waals surface area contributed by atoms with E-state index in [1.165, 1.54) is 11.0 Å². The van der Waals surface area contributed by atoms with Crippen molar-refractivity contribution in [1.29, 1.82) is 0 Å². The molecule has 0 bridgehead atoms. The summed E-state index contributed by atoms with van der Waals surface area (Å²) in [6.45, 7) is -2.13. The Labute approximate surface area is 197 Å². The molecule has 15 heteroatoms. The highest BCUT2D eigenvalue weighted by Gasteiger charge is 2.36. The van der Waals surface area contributed by atoms with E-state index in [2.05, 4.69) is 10.2 Å². The monoisotopic (exact) mass is 519 g/mol. The predicted octanol–water partition coefficient (Wildman–Crippen LogP) is 1.67. The summed E-state index contributed by atoms with van der Waals surface area (Å²) in [5.41, 5.74) is 0.721. The molecule has 1 aliphatic heterocycles. The molecule has 190 valence electrons. The number of hydrogen-bond acceptors (Lipinski definition) is 7. The second-order valence-corrected chi connectivity index (χ2v) is 9.66. The van der Waals surface area contributed by atoms with Gasteiger partial charge < -0.3 is 14.7 Å². The lowest BCUT2D eigenvalue weighted by atomic mass is 10.00. The zero-order valence-corrected chi connectivity index (χ0v) is 19.0. The molecule has 1 atom stereocenters. The summed E-state index contributed by atoms with van der Waals surface area (Å²) >= 11 is 0. The van der Waals surface area contributed by atoms with Crippen LogP contribution in [0.25, 0.3) is 0 Å². The number of fused-ring (bicyclic) bond motifs is 1. The number of alkyl halides is 3. The highest BCUT2D eigenvalue weighted by molar-refractivity contribution is 7.89. The summed E-state index contributed by atoms with van der Waals surface area (Å²) in [5, 5.41) is 15.9. The lowest BCUT2D eigenvalue weighted by Crippen LogP contribution is -2.39. The van der Waals surface area contributed by atoms with E-state index in [0.717, 1.165) is 18.5 Å². The van der Waals surface area contributed by atoms with Crippen molar-refractivity contribution in [2.75, 3.05) is 13.2 Å². The zero-order chi connectivity index (χ0) is 25.4. The molecular weight excluding hydrogens is 498 g/mol. The van der Waals surface area contributed by atoms with Gasteiger partial charge in [0.15, 0.2) is 11.1 Å². The lowest BCUT2D eigenvalue weighted by molar-refractivity contribution is -0.143. The second kappa shape index (κ2) is 9.54. The summed E-state index contributed by atoms with van der Waals surface area (Å²) < 4.78 is 84.0. The van der Waals surface area contributed by atoms with Crippen LogP contribution in [0.2, 0.25) is 0 Å². The normalized spacial score (nSPS) is 17.2. The Morgan fingerprint density at radius 2 is 2.03 bits per heavy atom. The topological polar surface area (TPSA) is 120 Å². The smallest absolute Gasteiger partial charge is 0.394 e. The number of amides is 1. The number of aliphatic hydroxyl groups is 1. The highest BCUT2D eigenvalue weighted by Crippen LogP contribution is 2.29. The summed E-state index contributed by atoms with van der Waals surface area (Å²) in [7, 11) is -4.36. The van der Waals surface area contributed by atoms with E-state index in [1.54, 1.807) is 6.08 Å². The van der Waals surface area contributed by atoms with Gasteiger partial charge in [-0.2, -0.15) is 35.9 Å². The first kappa shape index (κ1) is 25.1. The molecule has 0 saturated carbocycles. The lowest BCUT2D eigenvalue weighted by Gasteiger charge is -2.25. The second-order valence-electron chi connectivity index (χ2n) is 7.92. The number of hydrogen-bond donors (Lipinski definition) is 1. The van der Waals surface area contributed by atoms with Gasteiger partial charge in [-0.15, -0.1) is 0 Å². The molecule has 1 unspecified atom stereocenters. The molecule has 2 aliphatic rings. The summed E-state index contributed by atoms with van der Waals surface area (Å²) in [6.07, 6.45) is 0.00778. The maximum absolute atomic E-state index is 14.4. The van der Waals surface area contributed by atoms with Gasteiger partial charge in [-0.1, -0.05) is 12.2 Å². The minimum Gasteiger partial charge on any atom is -0.394 e. The number of nitrogens with zero attached hydrogens (tertiary/aromatic N) is 5. The molecule has 0 fully saturated rings. The van der Waals surface area contributed by atoms with E-state index in [-0.39, 0.29) is 44.0 Å². The Hall–Kier alpha value is -3.04. The van der Waals surface area contributed by atoms with Crippen molar-refractivity contribution < 1.29 is 40.6 Å². The van der Waals surface area contributed by atoms with Crippen LogP contribution in [-0.4, -0.2) is 68.8 Å². The van der Waals surface area contributed by atoms with E-state index >= 15 is 0 Å². The summed E-state index contributed by atoms with van der Waals surface area (Å²) in [5.74, 6) is -1.06. The molecule has 1 aliphatic carbocycles. The number of aromatic nitrogens is 4. The zero-order valence-electron chi connectivity index (χ0n) is 18.2. The van der Waals surface area contributed by atoms with Crippen molar-refractivity contribution in [2.45, 2.75) is 49.8 Å².